The summed E-state index contributed by atoms with van der Waals surface area (Å²) in [6.07, 6.45) is 6.99. The van der Waals surface area contributed by atoms with Crippen molar-refractivity contribution in [3.05, 3.63) is 5.21 Å². The van der Waals surface area contributed by atoms with Crippen LogP contribution < -0.4 is 0 Å². The first kappa shape index (κ1) is 20.4. The van der Waals surface area contributed by atoms with Crippen LogP contribution in [0.3, 0.4) is 0 Å². The average Bonchev–Trinajstić information content (AvgIpc) is 3.07. The van der Waals surface area contributed by atoms with Crippen molar-refractivity contribution >= 4 is 16.0 Å². The molecule has 2 bridgehead atoms. The zero-order valence-corrected chi connectivity index (χ0v) is 16.4. The van der Waals surface area contributed by atoms with E-state index in [0.717, 1.165) is 25.2 Å². The van der Waals surface area contributed by atoms with E-state index < -0.39 is 26.5 Å². The molecule has 4 fully saturated rings. The van der Waals surface area contributed by atoms with Crippen molar-refractivity contribution in [3.63, 3.8) is 0 Å². The van der Waals surface area contributed by atoms with Gasteiger partial charge in [0.2, 0.25) is 0 Å². The molecule has 4 aliphatic carbocycles. The monoisotopic (exact) mass is 424 g/mol. The normalized spacial score (nSPS) is 38.1. The number of carbonyl (C=O) groups is 1. The lowest BCUT2D eigenvalue weighted by Gasteiger charge is -2.66. The van der Waals surface area contributed by atoms with Gasteiger partial charge >= 0.3 is 21.5 Å². The predicted molar refractivity (Wildman–Crippen MR) is 92.9 cm³/mol. The first-order chi connectivity index (χ1) is 13.0. The molecule has 1 spiro atoms. The average molecular weight is 424 g/mol. The molecule has 6 nitrogen and oxygen atoms in total. The summed E-state index contributed by atoms with van der Waals surface area (Å²) in [5.41, 5.74) is -5.39. The van der Waals surface area contributed by atoms with Crippen LogP contribution in [0.2, 0.25) is 0 Å². The Morgan fingerprint density at radius 3 is 2.21 bits per heavy atom. The molecule has 0 N–H and O–H groups in total. The minimum Gasteiger partial charge on any atom is -0.772 e. The second kappa shape index (κ2) is 6.57. The zero-order chi connectivity index (χ0) is 20.4. The largest absolute Gasteiger partial charge is 0.772 e. The number of rotatable bonds is 9. The van der Waals surface area contributed by atoms with E-state index in [4.69, 9.17) is 4.74 Å². The maximum Gasteiger partial charge on any atom is 0.510 e. The molecule has 0 radical (unpaired) electrons. The Bertz CT molecular complexity index is 737. The third-order valence-electron chi connectivity index (χ3n) is 7.80. The summed E-state index contributed by atoms with van der Waals surface area (Å²) >= 11 is 0. The van der Waals surface area contributed by atoms with Gasteiger partial charge in [-0.05, 0) is 68.1 Å². The van der Waals surface area contributed by atoms with Gasteiger partial charge in [-0.1, -0.05) is 12.8 Å². The Hall–Kier alpha value is -0.870. The molecule has 0 heterocycles. The first-order valence-corrected chi connectivity index (χ1v) is 11.4. The van der Waals surface area contributed by atoms with Crippen LogP contribution in [0.25, 0.3) is 0 Å². The number of hydroxylamine groups is 1. The molecule has 0 aliphatic heterocycles. The van der Waals surface area contributed by atoms with Crippen LogP contribution in [-0.4, -0.2) is 37.5 Å². The van der Waals surface area contributed by atoms with Crippen molar-refractivity contribution < 1.29 is 31.1 Å². The van der Waals surface area contributed by atoms with Gasteiger partial charge in [0.25, 0.3) is 0 Å². The molecule has 0 saturated heterocycles. The van der Waals surface area contributed by atoms with E-state index in [2.05, 4.69) is 0 Å². The summed E-state index contributed by atoms with van der Waals surface area (Å²) in [5.74, 6) is 2.16. The predicted octanol–water partition coefficient (Wildman–Crippen LogP) is 3.57. The van der Waals surface area contributed by atoms with E-state index in [9.17, 15) is 31.6 Å². The quantitative estimate of drug-likeness (QED) is 0.321. The highest BCUT2D eigenvalue weighted by Crippen LogP contribution is 2.84. The molecule has 160 valence electrons. The topological polar surface area (TPSA) is 86.7 Å². The Kier molecular flexibility index (Phi) is 4.79. The molecule has 0 aromatic carbocycles. The number of ether oxygens (including phenoxy) is 1. The molecule has 4 aliphatic rings. The van der Waals surface area contributed by atoms with E-state index >= 15 is 0 Å². The van der Waals surface area contributed by atoms with Crippen LogP contribution >= 0.6 is 0 Å². The molecule has 2 unspecified atom stereocenters. The number of hydrogen-bond acceptors (Lipinski definition) is 5. The highest BCUT2D eigenvalue weighted by Gasteiger charge is 2.79. The minimum atomic E-state index is -5.80. The van der Waals surface area contributed by atoms with Crippen LogP contribution in [0, 0.1) is 33.8 Å². The number of halogens is 3. The second-order valence-electron chi connectivity index (χ2n) is 9.07. The lowest BCUT2D eigenvalue weighted by Crippen LogP contribution is -2.59. The van der Waals surface area contributed by atoms with Gasteiger partial charge in [0, 0.05) is 6.54 Å². The standard InChI is InChI=1S/C18H25F3NO5S/c19-18(20,21)28(25,26)22(24)5-3-1-2-4-6-27-15(23)16-9-13-7-12-8-14(10-16)17(12,13)11-16/h12-14H,1-11H2/q-1. The minimum absolute atomic E-state index is 0.0317. The Balaban J connectivity index is 1.12. The van der Waals surface area contributed by atoms with E-state index in [1.54, 1.807) is 0 Å². The highest BCUT2D eigenvalue weighted by atomic mass is 32.2. The maximum atomic E-state index is 12.6. The number of hydrogen-bond donors (Lipinski definition) is 0. The summed E-state index contributed by atoms with van der Waals surface area (Å²) in [6, 6.07) is 0. The number of nitrogens with zero attached hydrogens (tertiary/aromatic N) is 1. The fraction of sp³-hybridized carbons (Fsp3) is 0.944. The van der Waals surface area contributed by atoms with E-state index in [-0.39, 0.29) is 24.4 Å². The van der Waals surface area contributed by atoms with Crippen LogP contribution in [0.15, 0.2) is 0 Å². The van der Waals surface area contributed by atoms with Gasteiger partial charge in [0.1, 0.15) is 0 Å². The van der Waals surface area contributed by atoms with E-state index in [1.165, 1.54) is 12.8 Å². The van der Waals surface area contributed by atoms with Crippen molar-refractivity contribution in [1.29, 1.82) is 0 Å². The molecule has 4 rings (SSSR count). The lowest BCUT2D eigenvalue weighted by molar-refractivity contribution is -0.181. The van der Waals surface area contributed by atoms with Crippen LogP contribution in [0.1, 0.15) is 57.8 Å². The van der Waals surface area contributed by atoms with Gasteiger partial charge in [-0.25, -0.2) is 8.42 Å². The Morgan fingerprint density at radius 1 is 1.07 bits per heavy atom. The third kappa shape index (κ3) is 2.81. The third-order valence-corrected chi connectivity index (χ3v) is 9.10. The molecule has 4 saturated carbocycles. The number of fused-ring (bicyclic) bond motifs is 1. The molecule has 0 aromatic rings. The van der Waals surface area contributed by atoms with Gasteiger partial charge in [0.05, 0.1) is 12.0 Å². The lowest BCUT2D eigenvalue weighted by atomic mass is 9.38. The highest BCUT2D eigenvalue weighted by molar-refractivity contribution is 7.90. The van der Waals surface area contributed by atoms with Crippen LogP contribution in [0.5, 0.6) is 0 Å². The molecule has 0 amide bonds. The van der Waals surface area contributed by atoms with Gasteiger partial charge in [-0.3, -0.25) is 9.26 Å². The summed E-state index contributed by atoms with van der Waals surface area (Å²) < 4.78 is 63.1. The second-order valence-corrected chi connectivity index (χ2v) is 10.9. The SMILES string of the molecule is O=C(OCCCCCCN([O-])S(=O)(=O)C(F)(F)F)C12CC3CC4CC(C1)C43C2. The number of unbranched alkanes of at least 4 members (excludes halogenated alkanes) is 3. The zero-order valence-electron chi connectivity index (χ0n) is 15.5. The molecule has 2 atom stereocenters. The molecular formula is C18H25F3NO5S-. The smallest absolute Gasteiger partial charge is 0.510 e. The summed E-state index contributed by atoms with van der Waals surface area (Å²) in [7, 11) is -5.80. The van der Waals surface area contributed by atoms with E-state index in [0.29, 0.717) is 36.5 Å². The first-order valence-electron chi connectivity index (χ1n) is 9.96. The molecular weight excluding hydrogens is 399 g/mol. The number of sulfonamides is 1. The van der Waals surface area contributed by atoms with Crippen molar-refractivity contribution in [2.75, 3.05) is 13.2 Å². The molecule has 10 heteroatoms. The molecule has 28 heavy (non-hydrogen) atoms. The Labute approximate surface area is 162 Å². The molecule has 0 aromatic heterocycles. The fourth-order valence-corrected chi connectivity index (χ4v) is 7.17. The van der Waals surface area contributed by atoms with Crippen LogP contribution in [-0.2, 0) is 19.6 Å². The van der Waals surface area contributed by atoms with Gasteiger partial charge < -0.3 is 9.94 Å². The number of carbonyl (C=O) groups excluding carboxylic acids is 1. The number of alkyl halides is 3. The van der Waals surface area contributed by atoms with Gasteiger partial charge in [0.15, 0.2) is 0 Å². The summed E-state index contributed by atoms with van der Waals surface area (Å²) in [5, 5.41) is 11.1. The fourth-order valence-electron chi connectivity index (χ4n) is 6.57. The van der Waals surface area contributed by atoms with Crippen molar-refractivity contribution in [3.8, 4) is 0 Å². The van der Waals surface area contributed by atoms with Crippen molar-refractivity contribution in [2.45, 2.75) is 63.3 Å². The summed E-state index contributed by atoms with van der Waals surface area (Å²) in [6.45, 7) is -0.467. The number of esters is 1. The van der Waals surface area contributed by atoms with E-state index in [1.807, 2.05) is 0 Å². The van der Waals surface area contributed by atoms with Crippen LogP contribution in [0.4, 0.5) is 13.2 Å². The van der Waals surface area contributed by atoms with Crippen molar-refractivity contribution in [1.82, 2.24) is 4.47 Å². The van der Waals surface area contributed by atoms with Crippen molar-refractivity contribution in [2.24, 2.45) is 28.6 Å². The van der Waals surface area contributed by atoms with Gasteiger partial charge in [-0.2, -0.15) is 13.2 Å². The maximum absolute atomic E-state index is 12.6. The summed E-state index contributed by atoms with van der Waals surface area (Å²) in [4.78, 5) is 12.6. The van der Waals surface area contributed by atoms with Gasteiger partial charge in [-0.15, -0.1) is 0 Å². The Morgan fingerprint density at radius 2 is 1.68 bits per heavy atom.